The van der Waals surface area contributed by atoms with E-state index < -0.39 is 12.6 Å². The molecule has 0 heterocycles. The summed E-state index contributed by atoms with van der Waals surface area (Å²) in [5.74, 6) is -1.70. The van der Waals surface area contributed by atoms with Crippen molar-refractivity contribution >= 4 is 11.9 Å². The minimum atomic E-state index is -0.766. The molecular formula is C20H20FNO4. The van der Waals surface area contributed by atoms with Crippen LogP contribution in [0.5, 0.6) is 5.75 Å². The van der Waals surface area contributed by atoms with Crippen molar-refractivity contribution in [1.29, 1.82) is 0 Å². The van der Waals surface area contributed by atoms with Crippen LogP contribution in [0.3, 0.4) is 0 Å². The fraction of sp³-hybridized carbons (Fsp3) is 0.300. The van der Waals surface area contributed by atoms with Gasteiger partial charge in [-0.25, -0.2) is 9.18 Å². The molecule has 3 rings (SSSR count). The van der Waals surface area contributed by atoms with Crippen LogP contribution >= 0.6 is 0 Å². The quantitative estimate of drug-likeness (QED) is 0.807. The second-order valence-corrected chi connectivity index (χ2v) is 6.44. The van der Waals surface area contributed by atoms with Gasteiger partial charge in [-0.05, 0) is 43.5 Å². The number of benzene rings is 2. The van der Waals surface area contributed by atoms with E-state index in [0.29, 0.717) is 5.56 Å². The zero-order chi connectivity index (χ0) is 18.7. The summed E-state index contributed by atoms with van der Waals surface area (Å²) in [4.78, 5) is 26.1. The Labute approximate surface area is 151 Å². The molecule has 1 saturated carbocycles. The Kier molecular flexibility index (Phi) is 5.21. The van der Waals surface area contributed by atoms with Crippen LogP contribution in [0.25, 0.3) is 0 Å². The molecule has 136 valence electrons. The van der Waals surface area contributed by atoms with Crippen molar-refractivity contribution in [2.45, 2.75) is 32.4 Å². The van der Waals surface area contributed by atoms with Gasteiger partial charge < -0.3 is 14.7 Å². The average Bonchev–Trinajstić information content (AvgIpc) is 3.43. The van der Waals surface area contributed by atoms with Crippen molar-refractivity contribution in [1.82, 2.24) is 4.90 Å². The standard InChI is InChI=1S/C20H20FNO4/c1-13-6-9-16(18(23)10-13)20(25)26-12-19(24)22(15-7-8-15)11-14-4-2-3-5-17(14)21/h2-6,9-10,15,23H,7-8,11-12H2,1H3. The van der Waals surface area contributed by atoms with Crippen molar-refractivity contribution in [3.63, 3.8) is 0 Å². The number of aromatic hydroxyl groups is 1. The Balaban J connectivity index is 1.63. The van der Waals surface area contributed by atoms with Crippen molar-refractivity contribution in [2.75, 3.05) is 6.61 Å². The maximum absolute atomic E-state index is 13.9. The number of halogens is 1. The molecule has 0 unspecified atom stereocenters. The molecule has 2 aromatic carbocycles. The maximum Gasteiger partial charge on any atom is 0.342 e. The van der Waals surface area contributed by atoms with Crippen molar-refractivity contribution in [3.8, 4) is 5.75 Å². The molecular weight excluding hydrogens is 337 g/mol. The number of esters is 1. The minimum Gasteiger partial charge on any atom is -0.507 e. The van der Waals surface area contributed by atoms with E-state index in [9.17, 15) is 19.1 Å². The van der Waals surface area contributed by atoms with Crippen molar-refractivity contribution < 1.29 is 23.8 Å². The number of hydrogen-bond acceptors (Lipinski definition) is 4. The van der Waals surface area contributed by atoms with E-state index in [0.717, 1.165) is 18.4 Å². The summed E-state index contributed by atoms with van der Waals surface area (Å²) in [7, 11) is 0. The lowest BCUT2D eigenvalue weighted by Gasteiger charge is -2.22. The molecule has 0 aliphatic heterocycles. The van der Waals surface area contributed by atoms with Gasteiger partial charge in [0.25, 0.3) is 5.91 Å². The van der Waals surface area contributed by atoms with Gasteiger partial charge in [0.05, 0.1) is 0 Å². The number of phenols is 1. The van der Waals surface area contributed by atoms with Gasteiger partial charge in [-0.1, -0.05) is 24.3 Å². The molecule has 0 spiro atoms. The molecule has 5 nitrogen and oxygen atoms in total. The van der Waals surface area contributed by atoms with E-state index in [-0.39, 0.29) is 35.6 Å². The van der Waals surface area contributed by atoms with Gasteiger partial charge in [0.2, 0.25) is 0 Å². The summed E-state index contributed by atoms with van der Waals surface area (Å²) in [6, 6.07) is 10.9. The highest BCUT2D eigenvalue weighted by molar-refractivity contribution is 5.94. The summed E-state index contributed by atoms with van der Waals surface area (Å²) in [6.07, 6.45) is 1.71. The minimum absolute atomic E-state index is 0.00970. The van der Waals surface area contributed by atoms with Crippen molar-refractivity contribution in [3.05, 3.63) is 65.0 Å². The average molecular weight is 357 g/mol. The highest BCUT2D eigenvalue weighted by Gasteiger charge is 2.33. The van der Waals surface area contributed by atoms with Crippen LogP contribution in [0, 0.1) is 12.7 Å². The summed E-state index contributed by atoms with van der Waals surface area (Å²) < 4.78 is 18.9. The molecule has 0 radical (unpaired) electrons. The Morgan fingerprint density at radius 3 is 2.62 bits per heavy atom. The predicted octanol–water partition coefficient (Wildman–Crippen LogP) is 3.19. The first kappa shape index (κ1) is 17.9. The SMILES string of the molecule is Cc1ccc(C(=O)OCC(=O)N(Cc2ccccc2F)C2CC2)c(O)c1. The maximum atomic E-state index is 13.9. The summed E-state index contributed by atoms with van der Waals surface area (Å²) in [5.41, 5.74) is 1.24. The first-order valence-corrected chi connectivity index (χ1v) is 8.45. The first-order valence-electron chi connectivity index (χ1n) is 8.45. The predicted molar refractivity (Wildman–Crippen MR) is 93.1 cm³/mol. The van der Waals surface area contributed by atoms with Gasteiger partial charge in [-0.15, -0.1) is 0 Å². The van der Waals surface area contributed by atoms with Gasteiger partial charge in [0.1, 0.15) is 17.1 Å². The van der Waals surface area contributed by atoms with Crippen LogP contribution in [0.15, 0.2) is 42.5 Å². The summed E-state index contributed by atoms with van der Waals surface area (Å²) in [5, 5.41) is 9.82. The molecule has 1 N–H and O–H groups in total. The number of amides is 1. The Morgan fingerprint density at radius 1 is 1.23 bits per heavy atom. The molecule has 0 atom stereocenters. The van der Waals surface area contributed by atoms with Crippen LogP contribution in [0.1, 0.15) is 34.3 Å². The van der Waals surface area contributed by atoms with Gasteiger partial charge in [-0.3, -0.25) is 4.79 Å². The lowest BCUT2D eigenvalue weighted by atomic mass is 10.1. The van der Waals surface area contributed by atoms with E-state index in [1.54, 1.807) is 36.1 Å². The fourth-order valence-electron chi connectivity index (χ4n) is 2.72. The van der Waals surface area contributed by atoms with E-state index >= 15 is 0 Å². The van der Waals surface area contributed by atoms with Crippen LogP contribution in [-0.4, -0.2) is 34.5 Å². The lowest BCUT2D eigenvalue weighted by Crippen LogP contribution is -2.36. The zero-order valence-electron chi connectivity index (χ0n) is 14.4. The van der Waals surface area contributed by atoms with Crippen LogP contribution in [0.2, 0.25) is 0 Å². The van der Waals surface area contributed by atoms with Crippen LogP contribution in [-0.2, 0) is 16.1 Å². The number of aryl methyl sites for hydroxylation is 1. The number of phenolic OH excluding ortho intramolecular Hbond substituents is 1. The molecule has 0 aromatic heterocycles. The monoisotopic (exact) mass is 357 g/mol. The molecule has 1 aliphatic rings. The number of rotatable bonds is 6. The van der Waals surface area contributed by atoms with Gasteiger partial charge in [0.15, 0.2) is 6.61 Å². The van der Waals surface area contributed by atoms with E-state index in [4.69, 9.17) is 4.74 Å². The Morgan fingerprint density at radius 2 is 1.96 bits per heavy atom. The van der Waals surface area contributed by atoms with Gasteiger partial charge >= 0.3 is 5.97 Å². The number of carbonyl (C=O) groups excluding carboxylic acids is 2. The lowest BCUT2D eigenvalue weighted by molar-refractivity contribution is -0.135. The van der Waals surface area contributed by atoms with Gasteiger partial charge in [0, 0.05) is 18.2 Å². The zero-order valence-corrected chi connectivity index (χ0v) is 14.4. The molecule has 6 heteroatoms. The van der Waals surface area contributed by atoms with Crippen molar-refractivity contribution in [2.24, 2.45) is 0 Å². The fourth-order valence-corrected chi connectivity index (χ4v) is 2.72. The molecule has 0 saturated heterocycles. The third kappa shape index (κ3) is 4.20. The molecule has 1 aliphatic carbocycles. The molecule has 26 heavy (non-hydrogen) atoms. The first-order chi connectivity index (χ1) is 12.5. The van der Waals surface area contributed by atoms with E-state index in [1.165, 1.54) is 18.2 Å². The van der Waals surface area contributed by atoms with Gasteiger partial charge in [-0.2, -0.15) is 0 Å². The second kappa shape index (κ2) is 7.56. The highest BCUT2D eigenvalue weighted by Crippen LogP contribution is 2.29. The molecule has 2 aromatic rings. The molecule has 0 bridgehead atoms. The molecule has 1 fully saturated rings. The second-order valence-electron chi connectivity index (χ2n) is 6.44. The van der Waals surface area contributed by atoms with Crippen LogP contribution < -0.4 is 0 Å². The van der Waals surface area contributed by atoms with E-state index in [1.807, 2.05) is 0 Å². The smallest absolute Gasteiger partial charge is 0.342 e. The summed E-state index contributed by atoms with van der Waals surface area (Å²) in [6.45, 7) is 1.48. The number of carbonyl (C=O) groups is 2. The number of ether oxygens (including phenoxy) is 1. The topological polar surface area (TPSA) is 66.8 Å². The Hall–Kier alpha value is -2.89. The highest BCUT2D eigenvalue weighted by atomic mass is 19.1. The largest absolute Gasteiger partial charge is 0.507 e. The van der Waals surface area contributed by atoms with Crippen LogP contribution in [0.4, 0.5) is 4.39 Å². The number of hydrogen-bond donors (Lipinski definition) is 1. The third-order valence-corrected chi connectivity index (χ3v) is 4.31. The number of nitrogens with zero attached hydrogens (tertiary/aromatic N) is 1. The third-order valence-electron chi connectivity index (χ3n) is 4.31. The van der Waals surface area contributed by atoms with E-state index in [2.05, 4.69) is 0 Å². The molecule has 1 amide bonds. The normalized spacial score (nSPS) is 13.3. The Bertz CT molecular complexity index is 832. The summed E-state index contributed by atoms with van der Waals surface area (Å²) >= 11 is 0.